The van der Waals surface area contributed by atoms with E-state index >= 15 is 0 Å². The van der Waals surface area contributed by atoms with E-state index in [0.717, 1.165) is 96.4 Å². The Bertz CT molecular complexity index is 1260. The average Bonchev–Trinajstić information content (AvgIpc) is 2.89. The molecule has 0 atom stereocenters. The maximum atomic E-state index is 10.9. The molecule has 0 saturated carbocycles. The zero-order valence-corrected chi connectivity index (χ0v) is 19.4. The zero-order valence-electron chi connectivity index (χ0n) is 19.4. The van der Waals surface area contributed by atoms with Crippen molar-refractivity contribution >= 4 is 28.5 Å². The minimum Gasteiger partial charge on any atom is -0.398 e. The molecule has 0 unspecified atom stereocenters. The van der Waals surface area contributed by atoms with Gasteiger partial charge in [0.15, 0.2) is 6.29 Å². The number of aromatic nitrogens is 2. The fourth-order valence-corrected chi connectivity index (χ4v) is 4.66. The summed E-state index contributed by atoms with van der Waals surface area (Å²) in [5.74, 6) is 0. The van der Waals surface area contributed by atoms with Crippen molar-refractivity contribution in [2.75, 3.05) is 33.4 Å². The van der Waals surface area contributed by atoms with E-state index in [1.54, 1.807) is 12.3 Å². The summed E-state index contributed by atoms with van der Waals surface area (Å²) in [5.41, 5.74) is 12.9. The number of likely N-dealkylation sites (tertiary alicyclic amines) is 1. The van der Waals surface area contributed by atoms with Crippen molar-refractivity contribution in [3.05, 3.63) is 65.6 Å². The van der Waals surface area contributed by atoms with Crippen LogP contribution < -0.4 is 5.73 Å². The van der Waals surface area contributed by atoms with Crippen LogP contribution in [0.1, 0.15) is 35.3 Å². The van der Waals surface area contributed by atoms with E-state index in [2.05, 4.69) is 34.0 Å². The lowest BCUT2D eigenvalue weighted by atomic mass is 9.94. The Kier molecular flexibility index (Phi) is 6.47. The number of carbonyl (C=O) groups is 1. The Morgan fingerprint density at radius 1 is 1.18 bits per heavy atom. The van der Waals surface area contributed by atoms with Crippen LogP contribution in [0.5, 0.6) is 0 Å². The lowest BCUT2D eigenvalue weighted by Crippen LogP contribution is -2.35. The first-order chi connectivity index (χ1) is 16.6. The quantitative estimate of drug-likeness (QED) is 0.603. The molecule has 2 fully saturated rings. The first kappa shape index (κ1) is 22.4. The van der Waals surface area contributed by atoms with Gasteiger partial charge in [-0.05, 0) is 43.5 Å². The van der Waals surface area contributed by atoms with Gasteiger partial charge >= 0.3 is 0 Å². The highest BCUT2D eigenvalue weighted by Gasteiger charge is 2.23. The number of ether oxygens (including phenoxy) is 1. The molecule has 3 aromatic rings. The molecule has 174 valence electrons. The van der Waals surface area contributed by atoms with Crippen molar-refractivity contribution in [3.63, 3.8) is 0 Å². The van der Waals surface area contributed by atoms with Crippen LogP contribution in [0.3, 0.4) is 0 Å². The van der Waals surface area contributed by atoms with Gasteiger partial charge in [0.05, 0.1) is 11.7 Å². The molecule has 5 rings (SSSR count). The van der Waals surface area contributed by atoms with E-state index in [-0.39, 0.29) is 0 Å². The molecule has 2 N–H and O–H groups in total. The number of nitrogens with zero attached hydrogens (tertiary/aromatic N) is 4. The summed E-state index contributed by atoms with van der Waals surface area (Å²) in [6.07, 6.45) is 7.13. The third kappa shape index (κ3) is 4.62. The third-order valence-corrected chi connectivity index (χ3v) is 6.62. The number of aldehydes is 1. The van der Waals surface area contributed by atoms with E-state index in [1.165, 1.54) is 0 Å². The second-order valence-corrected chi connectivity index (χ2v) is 8.99. The highest BCUT2D eigenvalue weighted by molar-refractivity contribution is 6.09. The Balaban J connectivity index is 1.54. The Morgan fingerprint density at radius 3 is 2.79 bits per heavy atom. The van der Waals surface area contributed by atoms with Crippen molar-refractivity contribution in [3.8, 4) is 11.3 Å². The fourth-order valence-electron chi connectivity index (χ4n) is 4.66. The minimum atomic E-state index is 0.311. The van der Waals surface area contributed by atoms with Gasteiger partial charge in [-0.3, -0.25) is 19.8 Å². The molecule has 0 bridgehead atoms. The number of hydrogen-bond donors (Lipinski definition) is 1. The van der Waals surface area contributed by atoms with E-state index in [0.29, 0.717) is 11.7 Å². The van der Waals surface area contributed by atoms with Gasteiger partial charge in [0.2, 0.25) is 0 Å². The van der Waals surface area contributed by atoms with E-state index in [4.69, 9.17) is 15.5 Å². The summed E-state index contributed by atoms with van der Waals surface area (Å²) in [6, 6.07) is 12.1. The van der Waals surface area contributed by atoms with Crippen LogP contribution in [0.2, 0.25) is 0 Å². The smallest absolute Gasteiger partial charge is 0.168 e. The van der Waals surface area contributed by atoms with Crippen LogP contribution in [0.4, 0.5) is 0 Å². The largest absolute Gasteiger partial charge is 0.398 e. The summed E-state index contributed by atoms with van der Waals surface area (Å²) in [6.45, 7) is 3.32. The number of rotatable bonds is 4. The normalized spacial score (nSPS) is 20.6. The first-order valence-electron chi connectivity index (χ1n) is 11.7. The summed E-state index contributed by atoms with van der Waals surface area (Å²) < 4.78 is 5.51. The van der Waals surface area contributed by atoms with Crippen LogP contribution in [0.15, 0.2) is 59.4 Å². The highest BCUT2D eigenvalue weighted by Crippen LogP contribution is 2.29. The molecule has 34 heavy (non-hydrogen) atoms. The number of benzene rings is 1. The van der Waals surface area contributed by atoms with Gasteiger partial charge in [0.25, 0.3) is 0 Å². The molecule has 2 saturated heterocycles. The SMILES string of the molecule is CN1CCC(=NC2CCOCC2)/C(=C(\N)c2cccc3cc(-c4ccc(C=O)nc4)ncc23)C1. The molecule has 2 aliphatic heterocycles. The predicted molar refractivity (Wildman–Crippen MR) is 135 cm³/mol. The number of likely N-dealkylation sites (N-methyl/N-ethyl adjacent to an activating group) is 1. The zero-order chi connectivity index (χ0) is 23.5. The number of hydrogen-bond acceptors (Lipinski definition) is 7. The van der Waals surface area contributed by atoms with Crippen LogP contribution in [-0.2, 0) is 4.74 Å². The van der Waals surface area contributed by atoms with Crippen LogP contribution in [0.25, 0.3) is 27.7 Å². The van der Waals surface area contributed by atoms with Gasteiger partial charge in [-0.25, -0.2) is 0 Å². The van der Waals surface area contributed by atoms with Gasteiger partial charge in [-0.2, -0.15) is 0 Å². The summed E-state index contributed by atoms with van der Waals surface area (Å²) in [4.78, 5) is 27.2. The molecule has 0 radical (unpaired) electrons. The standard InChI is InChI=1S/C27H29N5O2/c1-32-10-7-25(31-20-8-11-34-12-9-20)24(16-32)27(28)22-4-2-3-18-13-26(30-15-23(18)22)19-5-6-21(17-33)29-14-19/h2-6,13-15,17,20H,7-12,16,28H2,1H3/b27-24-,31-25?. The molecule has 0 spiro atoms. The van der Waals surface area contributed by atoms with Gasteiger partial charge in [0, 0.05) is 78.6 Å². The van der Waals surface area contributed by atoms with E-state index < -0.39 is 0 Å². The Hall–Kier alpha value is -3.42. The van der Waals surface area contributed by atoms with Gasteiger partial charge in [0.1, 0.15) is 5.69 Å². The van der Waals surface area contributed by atoms with Crippen LogP contribution >= 0.6 is 0 Å². The second-order valence-electron chi connectivity index (χ2n) is 8.99. The Labute approximate surface area is 199 Å². The molecule has 2 aromatic heterocycles. The molecular weight excluding hydrogens is 426 g/mol. The second kappa shape index (κ2) is 9.83. The third-order valence-electron chi connectivity index (χ3n) is 6.62. The molecule has 4 heterocycles. The summed E-state index contributed by atoms with van der Waals surface area (Å²) >= 11 is 0. The summed E-state index contributed by atoms with van der Waals surface area (Å²) in [5, 5.41) is 2.06. The molecule has 0 aliphatic carbocycles. The van der Waals surface area contributed by atoms with Gasteiger partial charge < -0.3 is 15.4 Å². The topological polar surface area (TPSA) is 93.7 Å². The number of fused-ring (bicyclic) bond motifs is 1. The van der Waals surface area contributed by atoms with E-state index in [9.17, 15) is 4.79 Å². The lowest BCUT2D eigenvalue weighted by molar-refractivity contribution is 0.0870. The first-order valence-corrected chi connectivity index (χ1v) is 11.7. The fraction of sp³-hybridized carbons (Fsp3) is 0.333. The van der Waals surface area contributed by atoms with Crippen molar-refractivity contribution in [2.45, 2.75) is 25.3 Å². The maximum absolute atomic E-state index is 10.9. The van der Waals surface area contributed by atoms with Crippen molar-refractivity contribution in [2.24, 2.45) is 10.7 Å². The number of nitrogens with two attached hydrogens (primary N) is 1. The molecule has 7 nitrogen and oxygen atoms in total. The lowest BCUT2D eigenvalue weighted by Gasteiger charge is -2.29. The van der Waals surface area contributed by atoms with Crippen LogP contribution in [0, 0.1) is 0 Å². The van der Waals surface area contributed by atoms with Gasteiger partial charge in [-0.1, -0.05) is 18.2 Å². The van der Waals surface area contributed by atoms with E-state index in [1.807, 2.05) is 24.4 Å². The van der Waals surface area contributed by atoms with Crippen molar-refractivity contribution in [1.82, 2.24) is 14.9 Å². The van der Waals surface area contributed by atoms with Gasteiger partial charge in [-0.15, -0.1) is 0 Å². The number of carbonyl (C=O) groups excluding carboxylic acids is 1. The monoisotopic (exact) mass is 455 g/mol. The highest BCUT2D eigenvalue weighted by atomic mass is 16.5. The Morgan fingerprint density at radius 2 is 2.03 bits per heavy atom. The van der Waals surface area contributed by atoms with Crippen LogP contribution in [-0.4, -0.2) is 66.3 Å². The number of aliphatic imine (C=N–C) groups is 1. The summed E-state index contributed by atoms with van der Waals surface area (Å²) in [7, 11) is 2.12. The molecule has 1 aromatic carbocycles. The van der Waals surface area contributed by atoms with Crippen molar-refractivity contribution < 1.29 is 9.53 Å². The molecular formula is C27H29N5O2. The molecule has 7 heteroatoms. The number of pyridine rings is 2. The number of piperidine rings is 1. The molecule has 0 amide bonds. The van der Waals surface area contributed by atoms with Crippen molar-refractivity contribution in [1.29, 1.82) is 0 Å². The molecule has 2 aliphatic rings. The average molecular weight is 456 g/mol. The maximum Gasteiger partial charge on any atom is 0.168 e. The minimum absolute atomic E-state index is 0.311. The predicted octanol–water partition coefficient (Wildman–Crippen LogP) is 3.73.